The van der Waals surface area contributed by atoms with E-state index in [1.165, 1.54) is 12.1 Å². The van der Waals surface area contributed by atoms with Crippen LogP contribution in [0.3, 0.4) is 0 Å². The molecular weight excluding hydrogens is 219 g/mol. The molecule has 0 spiro atoms. The highest BCUT2D eigenvalue weighted by Crippen LogP contribution is 2.35. The molecule has 1 aliphatic rings. The topological polar surface area (TPSA) is 46.3 Å². The van der Waals surface area contributed by atoms with Gasteiger partial charge in [0.2, 0.25) is 5.91 Å². The van der Waals surface area contributed by atoms with Crippen LogP contribution < -0.4 is 5.73 Å². The van der Waals surface area contributed by atoms with Gasteiger partial charge >= 0.3 is 0 Å². The number of carbonyl (C=O) groups excluding carboxylic acids is 1. The Balaban J connectivity index is 2.26. The summed E-state index contributed by atoms with van der Waals surface area (Å²) in [7, 11) is 0. The molecule has 4 heteroatoms. The van der Waals surface area contributed by atoms with Gasteiger partial charge < -0.3 is 10.6 Å². The lowest BCUT2D eigenvalue weighted by Gasteiger charge is -2.24. The van der Waals surface area contributed by atoms with Gasteiger partial charge in [-0.2, -0.15) is 0 Å². The quantitative estimate of drug-likeness (QED) is 0.849. The number of halogens is 1. The second-order valence-corrected chi connectivity index (χ2v) is 4.66. The molecule has 17 heavy (non-hydrogen) atoms. The lowest BCUT2D eigenvalue weighted by molar-refractivity contribution is -0.130. The normalized spacial score (nSPS) is 24.1. The predicted molar refractivity (Wildman–Crippen MR) is 63.7 cm³/mol. The van der Waals surface area contributed by atoms with Crippen molar-refractivity contribution in [2.75, 3.05) is 13.1 Å². The zero-order chi connectivity index (χ0) is 12.4. The summed E-state index contributed by atoms with van der Waals surface area (Å²) in [5, 5.41) is 0. The van der Waals surface area contributed by atoms with Crippen molar-refractivity contribution in [1.82, 2.24) is 4.90 Å². The summed E-state index contributed by atoms with van der Waals surface area (Å²) < 4.78 is 13.2. The monoisotopic (exact) mass is 236 g/mol. The third-order valence-corrected chi connectivity index (χ3v) is 3.24. The number of benzene rings is 1. The Kier molecular flexibility index (Phi) is 3.43. The number of carbonyl (C=O) groups is 1. The maximum absolute atomic E-state index is 13.2. The summed E-state index contributed by atoms with van der Waals surface area (Å²) >= 11 is 0. The van der Waals surface area contributed by atoms with Gasteiger partial charge in [-0.1, -0.05) is 19.1 Å². The molecule has 3 nitrogen and oxygen atoms in total. The van der Waals surface area contributed by atoms with Gasteiger partial charge in [0.25, 0.3) is 0 Å². The molecule has 0 aromatic heterocycles. The molecular formula is C13H17FN2O. The van der Waals surface area contributed by atoms with Crippen molar-refractivity contribution < 1.29 is 9.18 Å². The zero-order valence-corrected chi connectivity index (χ0v) is 9.90. The Bertz CT molecular complexity index is 422. The summed E-state index contributed by atoms with van der Waals surface area (Å²) in [5.41, 5.74) is 6.26. The van der Waals surface area contributed by atoms with E-state index in [-0.39, 0.29) is 24.3 Å². The molecule has 1 fully saturated rings. The summed E-state index contributed by atoms with van der Waals surface area (Å²) in [6.07, 6.45) is 0.870. The zero-order valence-electron chi connectivity index (χ0n) is 9.90. The first-order valence-electron chi connectivity index (χ1n) is 5.87. The lowest BCUT2D eigenvalue weighted by atomic mass is 10.0. The van der Waals surface area contributed by atoms with Crippen LogP contribution >= 0.6 is 0 Å². The maximum atomic E-state index is 13.2. The van der Waals surface area contributed by atoms with Crippen LogP contribution in [0.15, 0.2) is 24.3 Å². The van der Waals surface area contributed by atoms with E-state index < -0.39 is 0 Å². The molecule has 0 saturated carbocycles. The molecule has 1 saturated heterocycles. The summed E-state index contributed by atoms with van der Waals surface area (Å²) in [4.78, 5) is 13.5. The fourth-order valence-electron chi connectivity index (χ4n) is 2.47. The number of hydrogen-bond donors (Lipinski definition) is 1. The Morgan fingerprint density at radius 2 is 2.35 bits per heavy atom. The second kappa shape index (κ2) is 4.84. The van der Waals surface area contributed by atoms with Crippen LogP contribution in [0.1, 0.15) is 24.9 Å². The van der Waals surface area contributed by atoms with E-state index in [0.29, 0.717) is 12.5 Å². The van der Waals surface area contributed by atoms with Gasteiger partial charge in [-0.25, -0.2) is 4.39 Å². The third kappa shape index (κ3) is 2.47. The first-order chi connectivity index (χ1) is 8.11. The SMILES string of the molecule is C[C@@H]1C[C@H](c2cccc(F)c2)N(C(=O)CN)C1. The van der Waals surface area contributed by atoms with Crippen molar-refractivity contribution in [3.05, 3.63) is 35.6 Å². The van der Waals surface area contributed by atoms with Crippen molar-refractivity contribution in [1.29, 1.82) is 0 Å². The van der Waals surface area contributed by atoms with E-state index in [2.05, 4.69) is 6.92 Å². The van der Waals surface area contributed by atoms with Gasteiger partial charge in [0.05, 0.1) is 12.6 Å². The molecule has 2 atom stereocenters. The Morgan fingerprint density at radius 1 is 1.59 bits per heavy atom. The number of nitrogens with zero attached hydrogens (tertiary/aromatic N) is 1. The van der Waals surface area contributed by atoms with Gasteiger partial charge in [0.15, 0.2) is 0 Å². The number of likely N-dealkylation sites (tertiary alicyclic amines) is 1. The molecule has 2 N–H and O–H groups in total. The second-order valence-electron chi connectivity index (χ2n) is 4.66. The molecule has 1 aliphatic heterocycles. The summed E-state index contributed by atoms with van der Waals surface area (Å²) in [5.74, 6) is 0.101. The highest BCUT2D eigenvalue weighted by molar-refractivity contribution is 5.78. The Hall–Kier alpha value is -1.42. The van der Waals surface area contributed by atoms with E-state index in [4.69, 9.17) is 5.73 Å². The molecule has 0 aliphatic carbocycles. The third-order valence-electron chi connectivity index (χ3n) is 3.24. The molecule has 2 rings (SSSR count). The largest absolute Gasteiger partial charge is 0.334 e. The van der Waals surface area contributed by atoms with Gasteiger partial charge in [0, 0.05) is 6.54 Å². The van der Waals surface area contributed by atoms with Crippen molar-refractivity contribution in [3.63, 3.8) is 0 Å². The molecule has 0 unspecified atom stereocenters. The maximum Gasteiger partial charge on any atom is 0.236 e. The van der Waals surface area contributed by atoms with Gasteiger partial charge in [0.1, 0.15) is 5.82 Å². The number of amides is 1. The van der Waals surface area contributed by atoms with Crippen LogP contribution in [-0.4, -0.2) is 23.9 Å². The standard InChI is InChI=1S/C13H17FN2O/c1-9-5-12(16(8-9)13(17)7-15)10-3-2-4-11(14)6-10/h2-4,6,9,12H,5,7-8,15H2,1H3/t9-,12-/m1/s1. The molecule has 1 heterocycles. The molecule has 0 bridgehead atoms. The fraction of sp³-hybridized carbons (Fsp3) is 0.462. The van der Waals surface area contributed by atoms with Gasteiger partial charge in [-0.3, -0.25) is 4.79 Å². The van der Waals surface area contributed by atoms with Crippen LogP contribution in [0.5, 0.6) is 0 Å². The average Bonchev–Trinajstić information content (AvgIpc) is 2.70. The van der Waals surface area contributed by atoms with Crippen LogP contribution in [0, 0.1) is 11.7 Å². The number of nitrogens with two attached hydrogens (primary N) is 1. The highest BCUT2D eigenvalue weighted by Gasteiger charge is 2.33. The summed E-state index contributed by atoms with van der Waals surface area (Å²) in [6, 6.07) is 6.43. The minimum absolute atomic E-state index is 0.0124. The van der Waals surface area contributed by atoms with E-state index in [1.807, 2.05) is 6.07 Å². The molecule has 1 aromatic rings. The minimum Gasteiger partial charge on any atom is -0.334 e. The van der Waals surface area contributed by atoms with Gasteiger partial charge in [-0.15, -0.1) is 0 Å². The highest BCUT2D eigenvalue weighted by atomic mass is 19.1. The number of hydrogen-bond acceptors (Lipinski definition) is 2. The van der Waals surface area contributed by atoms with Crippen molar-refractivity contribution in [3.8, 4) is 0 Å². The Morgan fingerprint density at radius 3 is 3.00 bits per heavy atom. The summed E-state index contributed by atoms with van der Waals surface area (Å²) in [6.45, 7) is 2.81. The number of rotatable bonds is 2. The van der Waals surface area contributed by atoms with Crippen molar-refractivity contribution in [2.24, 2.45) is 11.7 Å². The van der Waals surface area contributed by atoms with Crippen molar-refractivity contribution >= 4 is 5.91 Å². The molecule has 92 valence electrons. The Labute approximate surface area is 100 Å². The minimum atomic E-state index is -0.262. The van der Waals surface area contributed by atoms with E-state index in [1.54, 1.807) is 11.0 Å². The molecule has 1 amide bonds. The smallest absolute Gasteiger partial charge is 0.236 e. The first kappa shape index (κ1) is 12.0. The van der Waals surface area contributed by atoms with E-state index >= 15 is 0 Å². The molecule has 0 radical (unpaired) electrons. The first-order valence-corrected chi connectivity index (χ1v) is 5.87. The van der Waals surface area contributed by atoms with Crippen molar-refractivity contribution in [2.45, 2.75) is 19.4 Å². The molecule has 1 aromatic carbocycles. The van der Waals surface area contributed by atoms with Gasteiger partial charge in [-0.05, 0) is 30.0 Å². The van der Waals surface area contributed by atoms with E-state index in [9.17, 15) is 9.18 Å². The predicted octanol–water partition coefficient (Wildman–Crippen LogP) is 1.69. The van der Waals surface area contributed by atoms with Crippen LogP contribution in [0.2, 0.25) is 0 Å². The van der Waals surface area contributed by atoms with Crippen LogP contribution in [0.4, 0.5) is 4.39 Å². The fourth-order valence-corrected chi connectivity index (χ4v) is 2.47. The van der Waals surface area contributed by atoms with Crippen LogP contribution in [-0.2, 0) is 4.79 Å². The van der Waals surface area contributed by atoms with Crippen LogP contribution in [0.25, 0.3) is 0 Å². The lowest BCUT2D eigenvalue weighted by Crippen LogP contribution is -2.35. The average molecular weight is 236 g/mol. The van der Waals surface area contributed by atoms with E-state index in [0.717, 1.165) is 12.0 Å².